The van der Waals surface area contributed by atoms with E-state index in [1.165, 1.54) is 23.5 Å². The van der Waals surface area contributed by atoms with E-state index in [4.69, 9.17) is 17.3 Å². The number of benzene rings is 2. The number of sulfonamides is 1. The van der Waals surface area contributed by atoms with Crippen molar-refractivity contribution in [2.24, 2.45) is 0 Å². The molecule has 4 nitrogen and oxygen atoms in total. The quantitative estimate of drug-likeness (QED) is 0.886. The fourth-order valence-electron chi connectivity index (χ4n) is 1.75. The summed E-state index contributed by atoms with van der Waals surface area (Å²) in [7, 11) is -2.16. The highest BCUT2D eigenvalue weighted by Gasteiger charge is 2.21. The molecule has 2 N–H and O–H groups in total. The third-order valence-corrected chi connectivity index (χ3v) is 5.10. The third kappa shape index (κ3) is 2.73. The number of nitrogens with two attached hydrogens (primary N) is 1. The molecule has 0 aliphatic rings. The molecule has 0 radical (unpaired) electrons. The summed E-state index contributed by atoms with van der Waals surface area (Å²) in [5.41, 5.74) is 7.79. The molecule has 2 aromatic rings. The Morgan fingerprint density at radius 1 is 1.15 bits per heavy atom. The largest absolute Gasteiger partial charge is 0.398 e. The first kappa shape index (κ1) is 14.7. The van der Waals surface area contributed by atoms with E-state index in [2.05, 4.69) is 0 Å². The zero-order valence-corrected chi connectivity index (χ0v) is 12.7. The number of hydrogen-bond acceptors (Lipinski definition) is 3. The lowest BCUT2D eigenvalue weighted by Gasteiger charge is -2.20. The van der Waals surface area contributed by atoms with E-state index < -0.39 is 10.0 Å². The number of anilines is 2. The van der Waals surface area contributed by atoms with Crippen LogP contribution in [0.3, 0.4) is 0 Å². The molecule has 0 atom stereocenters. The van der Waals surface area contributed by atoms with Crippen LogP contribution in [0.15, 0.2) is 47.4 Å². The average Bonchev–Trinajstić information content (AvgIpc) is 2.41. The van der Waals surface area contributed by atoms with Gasteiger partial charge >= 0.3 is 0 Å². The standard InChI is InChI=1S/C14H15ClN2O2S/c1-10-6-7-12(9-14(10)16)17(2)20(18,19)13-5-3-4-11(15)8-13/h3-9H,16H2,1-2H3. The van der Waals surface area contributed by atoms with Gasteiger partial charge in [-0.25, -0.2) is 8.42 Å². The van der Waals surface area contributed by atoms with Gasteiger partial charge < -0.3 is 5.73 Å². The highest BCUT2D eigenvalue weighted by molar-refractivity contribution is 7.92. The first-order valence-corrected chi connectivity index (χ1v) is 7.75. The van der Waals surface area contributed by atoms with E-state index in [1.54, 1.807) is 30.3 Å². The maximum atomic E-state index is 12.5. The monoisotopic (exact) mass is 310 g/mol. The lowest BCUT2D eigenvalue weighted by Crippen LogP contribution is -2.26. The molecule has 0 amide bonds. The third-order valence-electron chi connectivity index (χ3n) is 3.08. The molecule has 0 spiro atoms. The molecule has 2 aromatic carbocycles. The van der Waals surface area contributed by atoms with Gasteiger partial charge in [-0.1, -0.05) is 23.7 Å². The van der Waals surface area contributed by atoms with Crippen molar-refractivity contribution in [2.45, 2.75) is 11.8 Å². The van der Waals surface area contributed by atoms with Gasteiger partial charge in [0, 0.05) is 17.8 Å². The summed E-state index contributed by atoms with van der Waals surface area (Å²) < 4.78 is 26.2. The van der Waals surface area contributed by atoms with Crippen molar-refractivity contribution in [1.29, 1.82) is 0 Å². The Balaban J connectivity index is 2.46. The van der Waals surface area contributed by atoms with Gasteiger partial charge in [0.25, 0.3) is 10.0 Å². The van der Waals surface area contributed by atoms with Gasteiger partial charge in [0.2, 0.25) is 0 Å². The van der Waals surface area contributed by atoms with Crippen LogP contribution in [0.1, 0.15) is 5.56 Å². The van der Waals surface area contributed by atoms with E-state index >= 15 is 0 Å². The Kier molecular flexibility index (Phi) is 3.92. The molecule has 0 saturated carbocycles. The van der Waals surface area contributed by atoms with E-state index in [0.717, 1.165) is 5.56 Å². The molecule has 0 aliphatic heterocycles. The second kappa shape index (κ2) is 5.34. The summed E-state index contributed by atoms with van der Waals surface area (Å²) in [4.78, 5) is 0.145. The van der Waals surface area contributed by atoms with E-state index in [0.29, 0.717) is 16.4 Å². The number of rotatable bonds is 3. The van der Waals surface area contributed by atoms with Crippen LogP contribution in [0.4, 0.5) is 11.4 Å². The minimum atomic E-state index is -3.65. The molecule has 0 fully saturated rings. The van der Waals surface area contributed by atoms with Crippen molar-refractivity contribution in [1.82, 2.24) is 0 Å². The summed E-state index contributed by atoms with van der Waals surface area (Å²) in [6, 6.07) is 11.3. The fourth-order valence-corrected chi connectivity index (χ4v) is 3.24. The van der Waals surface area contributed by atoms with Crippen molar-refractivity contribution in [3.63, 3.8) is 0 Å². The van der Waals surface area contributed by atoms with Gasteiger partial charge in [-0.15, -0.1) is 0 Å². The van der Waals surface area contributed by atoms with Crippen LogP contribution < -0.4 is 10.0 Å². The molecule has 106 valence electrons. The Morgan fingerprint density at radius 2 is 1.85 bits per heavy atom. The van der Waals surface area contributed by atoms with E-state index in [9.17, 15) is 8.42 Å². The zero-order chi connectivity index (χ0) is 14.9. The predicted molar refractivity (Wildman–Crippen MR) is 82.6 cm³/mol. The van der Waals surface area contributed by atoms with Crippen LogP contribution in [0.25, 0.3) is 0 Å². The normalized spacial score (nSPS) is 11.3. The lowest BCUT2D eigenvalue weighted by molar-refractivity contribution is 0.594. The number of aryl methyl sites for hydroxylation is 1. The van der Waals surface area contributed by atoms with Crippen LogP contribution in [0.2, 0.25) is 5.02 Å². The van der Waals surface area contributed by atoms with E-state index in [-0.39, 0.29) is 4.90 Å². The summed E-state index contributed by atoms with van der Waals surface area (Å²) >= 11 is 5.84. The van der Waals surface area contributed by atoms with Gasteiger partial charge in [-0.3, -0.25) is 4.31 Å². The Hall–Kier alpha value is -1.72. The van der Waals surface area contributed by atoms with Gasteiger partial charge in [-0.2, -0.15) is 0 Å². The number of nitrogens with zero attached hydrogens (tertiary/aromatic N) is 1. The summed E-state index contributed by atoms with van der Waals surface area (Å²) in [6.45, 7) is 1.87. The van der Waals surface area contributed by atoms with Crippen molar-refractivity contribution >= 4 is 33.0 Å². The Labute approximate surface area is 123 Å². The average molecular weight is 311 g/mol. The zero-order valence-electron chi connectivity index (χ0n) is 11.2. The minimum Gasteiger partial charge on any atom is -0.398 e. The van der Waals surface area contributed by atoms with Gasteiger partial charge in [0.15, 0.2) is 0 Å². The smallest absolute Gasteiger partial charge is 0.264 e. The molecule has 0 saturated heterocycles. The first-order valence-electron chi connectivity index (χ1n) is 5.93. The molecule has 0 unspecified atom stereocenters. The van der Waals surface area contributed by atoms with Gasteiger partial charge in [0.1, 0.15) is 0 Å². The highest BCUT2D eigenvalue weighted by Crippen LogP contribution is 2.26. The molecule has 20 heavy (non-hydrogen) atoms. The lowest BCUT2D eigenvalue weighted by atomic mass is 10.2. The van der Waals surface area contributed by atoms with Crippen molar-refractivity contribution in [3.05, 3.63) is 53.1 Å². The summed E-state index contributed by atoms with van der Waals surface area (Å²) in [5.74, 6) is 0. The van der Waals surface area contributed by atoms with Crippen LogP contribution in [0, 0.1) is 6.92 Å². The highest BCUT2D eigenvalue weighted by atomic mass is 35.5. The maximum absolute atomic E-state index is 12.5. The molecule has 0 heterocycles. The topological polar surface area (TPSA) is 63.4 Å². The molecular weight excluding hydrogens is 296 g/mol. The molecular formula is C14H15ClN2O2S. The van der Waals surface area contributed by atoms with Crippen LogP contribution in [0.5, 0.6) is 0 Å². The minimum absolute atomic E-state index is 0.145. The van der Waals surface area contributed by atoms with Gasteiger partial charge in [-0.05, 0) is 42.8 Å². The molecule has 6 heteroatoms. The second-order valence-electron chi connectivity index (χ2n) is 4.47. The Morgan fingerprint density at radius 3 is 2.45 bits per heavy atom. The number of halogens is 1. The summed E-state index contributed by atoms with van der Waals surface area (Å²) in [6.07, 6.45) is 0. The van der Waals surface area contributed by atoms with Crippen molar-refractivity contribution in [3.8, 4) is 0 Å². The van der Waals surface area contributed by atoms with Crippen molar-refractivity contribution in [2.75, 3.05) is 17.1 Å². The van der Waals surface area contributed by atoms with Crippen molar-refractivity contribution < 1.29 is 8.42 Å². The molecule has 0 aliphatic carbocycles. The second-order valence-corrected chi connectivity index (χ2v) is 6.88. The maximum Gasteiger partial charge on any atom is 0.264 e. The van der Waals surface area contributed by atoms with E-state index in [1.807, 2.05) is 6.92 Å². The molecule has 2 rings (SSSR count). The van der Waals surface area contributed by atoms with Crippen LogP contribution in [-0.2, 0) is 10.0 Å². The SMILES string of the molecule is Cc1ccc(N(C)S(=O)(=O)c2cccc(Cl)c2)cc1N. The molecule has 0 bridgehead atoms. The van der Waals surface area contributed by atoms with Crippen LogP contribution in [-0.4, -0.2) is 15.5 Å². The number of hydrogen-bond donors (Lipinski definition) is 1. The van der Waals surface area contributed by atoms with Crippen LogP contribution >= 0.6 is 11.6 Å². The number of nitrogen functional groups attached to an aromatic ring is 1. The predicted octanol–water partition coefficient (Wildman–Crippen LogP) is 3.06. The summed E-state index contributed by atoms with van der Waals surface area (Å²) in [5, 5.41) is 0.378. The fraction of sp³-hybridized carbons (Fsp3) is 0.143. The Bertz CT molecular complexity index is 745. The molecule has 0 aromatic heterocycles. The first-order chi connectivity index (χ1) is 9.32. The van der Waals surface area contributed by atoms with Gasteiger partial charge in [0.05, 0.1) is 10.6 Å².